The highest BCUT2D eigenvalue weighted by atomic mass is 19.1. The smallest absolute Gasteiger partial charge is 0.410 e. The molecule has 0 radical (unpaired) electrons. The van der Waals surface area contributed by atoms with Crippen LogP contribution in [0.5, 0.6) is 0 Å². The van der Waals surface area contributed by atoms with Gasteiger partial charge >= 0.3 is 6.09 Å². The molecule has 3 atom stereocenters. The molecular weight excluding hydrogens is 556 g/mol. The van der Waals surface area contributed by atoms with E-state index in [2.05, 4.69) is 10.2 Å². The number of rotatable bonds is 9. The molecule has 0 bridgehead atoms. The van der Waals surface area contributed by atoms with Crippen LogP contribution in [-0.2, 0) is 19.9 Å². The van der Waals surface area contributed by atoms with Gasteiger partial charge in [0.25, 0.3) is 5.91 Å². The molecule has 11 heteroatoms. The lowest BCUT2D eigenvalue weighted by Gasteiger charge is -2.34. The predicted molar refractivity (Wildman–Crippen MR) is 155 cm³/mol. The third-order valence-corrected chi connectivity index (χ3v) is 9.11. The zero-order chi connectivity index (χ0) is 30.1. The molecule has 0 aromatic heterocycles. The number of alkyl halides is 1. The molecule has 2 aliphatic heterocycles. The average Bonchev–Trinajstić information content (AvgIpc) is 3.94. The number of likely N-dealkylation sites (tertiary alicyclic amines) is 1. The monoisotopic (exact) mass is 595 g/mol. The molecule has 2 aliphatic carbocycles. The number of piperazine rings is 1. The van der Waals surface area contributed by atoms with Crippen molar-refractivity contribution >= 4 is 17.9 Å². The Morgan fingerprint density at radius 2 is 1.74 bits per heavy atom. The Morgan fingerprint density at radius 3 is 2.40 bits per heavy atom. The second-order valence-electron chi connectivity index (χ2n) is 12.4. The van der Waals surface area contributed by atoms with Gasteiger partial charge < -0.3 is 25.6 Å². The summed E-state index contributed by atoms with van der Waals surface area (Å²) in [4.78, 5) is 44.4. The van der Waals surface area contributed by atoms with E-state index < -0.39 is 54.1 Å². The summed E-state index contributed by atoms with van der Waals surface area (Å²) in [5.74, 6) is -0.870. The topological polar surface area (TPSA) is 108 Å². The van der Waals surface area contributed by atoms with Crippen molar-refractivity contribution in [1.29, 1.82) is 0 Å². The van der Waals surface area contributed by atoms with Gasteiger partial charge in [0.2, 0.25) is 5.91 Å². The molecule has 2 aromatic carbocycles. The fraction of sp³-hybridized carbons (Fsp3) is 0.531. The van der Waals surface area contributed by atoms with Gasteiger partial charge in [0.1, 0.15) is 18.0 Å². The van der Waals surface area contributed by atoms with Crippen molar-refractivity contribution < 1.29 is 27.9 Å². The van der Waals surface area contributed by atoms with E-state index >= 15 is 4.39 Å². The molecule has 2 heterocycles. The number of carbonyl (C=O) groups is 3. The van der Waals surface area contributed by atoms with E-state index in [0.29, 0.717) is 42.6 Å². The summed E-state index contributed by atoms with van der Waals surface area (Å²) in [5, 5.41) is 2.92. The van der Waals surface area contributed by atoms with Crippen molar-refractivity contribution in [3.05, 3.63) is 71.0 Å². The lowest BCUT2D eigenvalue weighted by molar-refractivity contribution is -0.141. The maximum Gasteiger partial charge on any atom is 0.410 e. The summed E-state index contributed by atoms with van der Waals surface area (Å²) in [5.41, 5.74) is 7.22. The van der Waals surface area contributed by atoms with Gasteiger partial charge in [0.15, 0.2) is 6.61 Å². The second kappa shape index (κ2) is 12.2. The molecule has 4 fully saturated rings. The minimum Gasteiger partial charge on any atom is -0.439 e. The van der Waals surface area contributed by atoms with Gasteiger partial charge in [-0.3, -0.25) is 14.5 Å². The van der Waals surface area contributed by atoms with Crippen LogP contribution >= 0.6 is 0 Å². The lowest BCUT2D eigenvalue weighted by Crippen LogP contribution is -2.50. The minimum atomic E-state index is -1.40. The number of ether oxygens (including phenoxy) is 1. The van der Waals surface area contributed by atoms with Gasteiger partial charge in [-0.2, -0.15) is 0 Å². The number of nitrogens with zero attached hydrogens (tertiary/aromatic N) is 3. The molecule has 230 valence electrons. The Hall–Kier alpha value is -3.57. The maximum absolute atomic E-state index is 15.1. The third kappa shape index (κ3) is 6.83. The van der Waals surface area contributed by atoms with Crippen LogP contribution in [0.25, 0.3) is 0 Å². The van der Waals surface area contributed by atoms with Crippen molar-refractivity contribution in [2.24, 2.45) is 11.7 Å². The molecule has 6 rings (SSSR count). The van der Waals surface area contributed by atoms with E-state index in [4.69, 9.17) is 10.5 Å². The Balaban J connectivity index is 1.09. The summed E-state index contributed by atoms with van der Waals surface area (Å²) in [6.07, 6.45) is 1.80. The van der Waals surface area contributed by atoms with Crippen molar-refractivity contribution in [2.75, 3.05) is 45.9 Å². The van der Waals surface area contributed by atoms with Crippen LogP contribution in [0.2, 0.25) is 0 Å². The summed E-state index contributed by atoms with van der Waals surface area (Å²) < 4.78 is 35.0. The van der Waals surface area contributed by atoms with E-state index in [0.717, 1.165) is 30.5 Å². The normalized spacial score (nSPS) is 24.0. The summed E-state index contributed by atoms with van der Waals surface area (Å²) in [7, 11) is 0. The number of hydrogen-bond donors (Lipinski definition) is 2. The quantitative estimate of drug-likeness (QED) is 0.462. The lowest BCUT2D eigenvalue weighted by atomic mass is 9.95. The van der Waals surface area contributed by atoms with Crippen LogP contribution in [0.3, 0.4) is 0 Å². The van der Waals surface area contributed by atoms with Crippen LogP contribution in [0.15, 0.2) is 48.5 Å². The first-order valence-electron chi connectivity index (χ1n) is 15.2. The molecule has 0 spiro atoms. The van der Waals surface area contributed by atoms with Gasteiger partial charge in [-0.15, -0.1) is 0 Å². The molecule has 3 N–H and O–H groups in total. The van der Waals surface area contributed by atoms with Crippen LogP contribution in [0.4, 0.5) is 13.6 Å². The molecule has 0 unspecified atom stereocenters. The molecule has 43 heavy (non-hydrogen) atoms. The van der Waals surface area contributed by atoms with E-state index in [1.807, 2.05) is 30.3 Å². The number of hydrogen-bond acceptors (Lipinski definition) is 6. The first-order valence-corrected chi connectivity index (χ1v) is 15.2. The molecular formula is C32H39F2N5O4. The zero-order valence-electron chi connectivity index (χ0n) is 24.2. The number of benzene rings is 2. The highest BCUT2D eigenvalue weighted by molar-refractivity contribution is 5.90. The fourth-order valence-electron chi connectivity index (χ4n) is 6.15. The number of nitrogens with two attached hydrogens (primary N) is 1. The van der Waals surface area contributed by atoms with Crippen LogP contribution in [-0.4, -0.2) is 90.7 Å². The first kappa shape index (κ1) is 29.5. The van der Waals surface area contributed by atoms with Gasteiger partial charge in [0.05, 0.1) is 12.6 Å². The SMILES string of the molecule is NC1(c2ccc([C@@H](NC(=O)[C@@H]3C[C@@H](F)CN3C(=O)COC(=O)N3CCN(CC4CC4)CC3)c3ccccc3)cc2F)CC1. The highest BCUT2D eigenvalue weighted by Crippen LogP contribution is 2.44. The van der Waals surface area contributed by atoms with E-state index in [9.17, 15) is 18.8 Å². The highest BCUT2D eigenvalue weighted by Gasteiger charge is 2.43. The van der Waals surface area contributed by atoms with E-state index in [1.165, 1.54) is 18.9 Å². The predicted octanol–water partition coefficient (Wildman–Crippen LogP) is 3.08. The van der Waals surface area contributed by atoms with Gasteiger partial charge in [-0.1, -0.05) is 42.5 Å². The second-order valence-corrected chi connectivity index (χ2v) is 12.4. The average molecular weight is 596 g/mol. The molecule has 2 aromatic rings. The third-order valence-electron chi connectivity index (χ3n) is 9.11. The largest absolute Gasteiger partial charge is 0.439 e. The maximum atomic E-state index is 15.1. The Kier molecular flexibility index (Phi) is 8.37. The van der Waals surface area contributed by atoms with Crippen molar-refractivity contribution in [3.8, 4) is 0 Å². The molecule has 2 saturated carbocycles. The summed E-state index contributed by atoms with van der Waals surface area (Å²) in [6.45, 7) is 2.79. The van der Waals surface area contributed by atoms with E-state index in [1.54, 1.807) is 17.0 Å². The first-order chi connectivity index (χ1) is 20.7. The number of carbonyl (C=O) groups excluding carboxylic acids is 3. The van der Waals surface area contributed by atoms with Gasteiger partial charge in [-0.25, -0.2) is 13.6 Å². The van der Waals surface area contributed by atoms with Gasteiger partial charge in [-0.05, 0) is 48.8 Å². The molecule has 4 aliphatic rings. The van der Waals surface area contributed by atoms with Gasteiger partial charge in [0, 0.05) is 50.2 Å². The molecule has 2 saturated heterocycles. The number of nitrogens with one attached hydrogen (secondary N) is 1. The van der Waals surface area contributed by atoms with Crippen molar-refractivity contribution in [3.63, 3.8) is 0 Å². The van der Waals surface area contributed by atoms with Crippen molar-refractivity contribution in [1.82, 2.24) is 20.0 Å². The summed E-state index contributed by atoms with van der Waals surface area (Å²) >= 11 is 0. The number of amides is 3. The zero-order valence-corrected chi connectivity index (χ0v) is 24.2. The fourth-order valence-corrected chi connectivity index (χ4v) is 6.15. The minimum absolute atomic E-state index is 0.182. The van der Waals surface area contributed by atoms with Crippen LogP contribution < -0.4 is 11.1 Å². The van der Waals surface area contributed by atoms with Crippen molar-refractivity contribution in [2.45, 2.75) is 55.9 Å². The van der Waals surface area contributed by atoms with Crippen LogP contribution in [0, 0.1) is 11.7 Å². The standard InChI is InChI=1S/C32H39F2N5O4/c33-24-17-27(39(19-24)28(40)20-43-31(42)38-14-12-37(13-15-38)18-21-6-7-21)30(41)36-29(22-4-2-1-3-5-22)23-8-9-25(26(34)16-23)32(35)10-11-32/h1-5,8-9,16,21,24,27,29H,6-7,10-15,17-20,35H2,(H,36,41)/t24-,27+,29+/m1/s1. The summed E-state index contributed by atoms with van der Waals surface area (Å²) in [6, 6.07) is 12.0. The molecule has 3 amide bonds. The Morgan fingerprint density at radius 1 is 1.02 bits per heavy atom. The number of halogens is 2. The van der Waals surface area contributed by atoms with Crippen LogP contribution in [0.1, 0.15) is 54.8 Å². The Labute approximate surface area is 250 Å². The Bertz CT molecular complexity index is 1340. The molecule has 9 nitrogen and oxygen atoms in total. The van der Waals surface area contributed by atoms with E-state index in [-0.39, 0.29) is 13.0 Å².